The first-order chi connectivity index (χ1) is 11.6. The molecular formula is C19H22ClNO2S. The topological polar surface area (TPSA) is 38.3 Å². The summed E-state index contributed by atoms with van der Waals surface area (Å²) in [6.07, 6.45) is 0.362. The first-order valence-electron chi connectivity index (χ1n) is 8.00. The van der Waals surface area contributed by atoms with Crippen LogP contribution in [-0.4, -0.2) is 24.3 Å². The van der Waals surface area contributed by atoms with Crippen molar-refractivity contribution in [3.8, 4) is 5.75 Å². The number of para-hydroxylation sites is 1. The molecule has 1 N–H and O–H groups in total. The summed E-state index contributed by atoms with van der Waals surface area (Å²) in [5.74, 6) is 1.47. The van der Waals surface area contributed by atoms with Gasteiger partial charge in [0.15, 0.2) is 6.10 Å². The van der Waals surface area contributed by atoms with Gasteiger partial charge in [-0.1, -0.05) is 36.7 Å². The Morgan fingerprint density at radius 1 is 1.21 bits per heavy atom. The number of hydrogen-bond donors (Lipinski definition) is 1. The fourth-order valence-electron chi connectivity index (χ4n) is 2.17. The van der Waals surface area contributed by atoms with E-state index in [1.807, 2.05) is 48.5 Å². The standard InChI is InChI=1S/C19H22ClNO2S/c1-3-15-6-4-5-7-18(15)23-14(2)19(22)21-12-13-24-17-10-8-16(20)9-11-17/h4-11,14H,3,12-13H2,1-2H3,(H,21,22)/t14-/m0/s1. The van der Waals surface area contributed by atoms with Gasteiger partial charge in [-0.2, -0.15) is 0 Å². The highest BCUT2D eigenvalue weighted by atomic mass is 35.5. The van der Waals surface area contributed by atoms with E-state index in [1.165, 1.54) is 0 Å². The maximum atomic E-state index is 12.1. The van der Waals surface area contributed by atoms with E-state index < -0.39 is 6.10 Å². The molecule has 0 fully saturated rings. The van der Waals surface area contributed by atoms with Crippen LogP contribution in [0.5, 0.6) is 5.75 Å². The fraction of sp³-hybridized carbons (Fsp3) is 0.316. The largest absolute Gasteiger partial charge is 0.481 e. The Hall–Kier alpha value is -1.65. The molecule has 0 aliphatic rings. The monoisotopic (exact) mass is 363 g/mol. The lowest BCUT2D eigenvalue weighted by Crippen LogP contribution is -2.37. The van der Waals surface area contributed by atoms with Crippen LogP contribution < -0.4 is 10.1 Å². The zero-order valence-corrected chi connectivity index (χ0v) is 15.5. The second-order valence-corrected chi connectivity index (χ2v) is 6.92. The summed E-state index contributed by atoms with van der Waals surface area (Å²) in [5, 5.41) is 3.64. The van der Waals surface area contributed by atoms with Crippen molar-refractivity contribution in [1.29, 1.82) is 0 Å². The van der Waals surface area contributed by atoms with Crippen molar-refractivity contribution in [3.05, 3.63) is 59.1 Å². The highest BCUT2D eigenvalue weighted by molar-refractivity contribution is 7.99. The van der Waals surface area contributed by atoms with Crippen molar-refractivity contribution < 1.29 is 9.53 Å². The third kappa shape index (κ3) is 5.77. The highest BCUT2D eigenvalue weighted by Crippen LogP contribution is 2.20. The highest BCUT2D eigenvalue weighted by Gasteiger charge is 2.15. The third-order valence-electron chi connectivity index (χ3n) is 3.51. The predicted molar refractivity (Wildman–Crippen MR) is 101 cm³/mol. The Kier molecular flexibility index (Phi) is 7.47. The van der Waals surface area contributed by atoms with Gasteiger partial charge < -0.3 is 10.1 Å². The van der Waals surface area contributed by atoms with E-state index in [-0.39, 0.29) is 5.91 Å². The van der Waals surface area contributed by atoms with Crippen molar-refractivity contribution in [2.75, 3.05) is 12.3 Å². The Balaban J connectivity index is 1.74. The predicted octanol–water partition coefficient (Wildman–Crippen LogP) is 4.58. The molecule has 0 spiro atoms. The second-order valence-electron chi connectivity index (χ2n) is 5.31. The van der Waals surface area contributed by atoms with Gasteiger partial charge in [0.2, 0.25) is 0 Å². The summed E-state index contributed by atoms with van der Waals surface area (Å²) in [5.41, 5.74) is 1.11. The summed E-state index contributed by atoms with van der Waals surface area (Å²) < 4.78 is 5.79. The number of amides is 1. The first kappa shape index (κ1) is 18.7. The number of ether oxygens (including phenoxy) is 1. The van der Waals surface area contributed by atoms with Crippen LogP contribution in [0.1, 0.15) is 19.4 Å². The normalized spacial score (nSPS) is 11.8. The molecule has 1 atom stereocenters. The Morgan fingerprint density at radius 2 is 1.92 bits per heavy atom. The summed E-state index contributed by atoms with van der Waals surface area (Å²) in [6, 6.07) is 15.5. The Labute approximate surface area is 152 Å². The van der Waals surface area contributed by atoms with Crippen LogP contribution in [0.25, 0.3) is 0 Å². The summed E-state index contributed by atoms with van der Waals surface area (Å²) in [6.45, 7) is 4.43. The van der Waals surface area contributed by atoms with Gasteiger partial charge >= 0.3 is 0 Å². The quantitative estimate of drug-likeness (QED) is 0.551. The zero-order valence-electron chi connectivity index (χ0n) is 13.9. The van der Waals surface area contributed by atoms with Crippen LogP contribution in [0, 0.1) is 0 Å². The molecule has 0 bridgehead atoms. The van der Waals surface area contributed by atoms with Gasteiger partial charge in [0.1, 0.15) is 5.75 Å². The molecule has 2 rings (SSSR count). The molecule has 128 valence electrons. The van der Waals surface area contributed by atoms with E-state index in [1.54, 1.807) is 18.7 Å². The Morgan fingerprint density at radius 3 is 2.62 bits per heavy atom. The van der Waals surface area contributed by atoms with Crippen molar-refractivity contribution in [3.63, 3.8) is 0 Å². The van der Waals surface area contributed by atoms with Crippen molar-refractivity contribution in [2.45, 2.75) is 31.3 Å². The summed E-state index contributed by atoms with van der Waals surface area (Å²) in [7, 11) is 0. The molecule has 0 saturated heterocycles. The minimum absolute atomic E-state index is 0.0994. The first-order valence-corrected chi connectivity index (χ1v) is 9.37. The molecule has 1 amide bonds. The molecule has 0 aliphatic heterocycles. The van der Waals surface area contributed by atoms with Crippen molar-refractivity contribution >= 4 is 29.3 Å². The number of aryl methyl sites for hydroxylation is 1. The van der Waals surface area contributed by atoms with E-state index in [2.05, 4.69) is 12.2 Å². The van der Waals surface area contributed by atoms with Gasteiger partial charge in [-0.05, 0) is 49.2 Å². The maximum absolute atomic E-state index is 12.1. The number of thioether (sulfide) groups is 1. The van der Waals surface area contributed by atoms with Crippen LogP contribution in [0.3, 0.4) is 0 Å². The molecule has 2 aromatic carbocycles. The number of carbonyl (C=O) groups excluding carboxylic acids is 1. The molecular weight excluding hydrogens is 342 g/mol. The molecule has 0 heterocycles. The smallest absolute Gasteiger partial charge is 0.260 e. The van der Waals surface area contributed by atoms with E-state index in [0.717, 1.165) is 33.4 Å². The van der Waals surface area contributed by atoms with E-state index >= 15 is 0 Å². The number of halogens is 1. The zero-order chi connectivity index (χ0) is 17.4. The van der Waals surface area contributed by atoms with Gasteiger partial charge in [-0.15, -0.1) is 11.8 Å². The van der Waals surface area contributed by atoms with Crippen LogP contribution in [0.4, 0.5) is 0 Å². The molecule has 0 aliphatic carbocycles. The van der Waals surface area contributed by atoms with Crippen LogP contribution in [0.15, 0.2) is 53.4 Å². The van der Waals surface area contributed by atoms with Gasteiger partial charge in [-0.3, -0.25) is 4.79 Å². The maximum Gasteiger partial charge on any atom is 0.260 e. The van der Waals surface area contributed by atoms with Crippen molar-refractivity contribution in [1.82, 2.24) is 5.32 Å². The van der Waals surface area contributed by atoms with Crippen LogP contribution in [-0.2, 0) is 11.2 Å². The SMILES string of the molecule is CCc1ccccc1O[C@@H](C)C(=O)NCCSc1ccc(Cl)cc1. The molecule has 24 heavy (non-hydrogen) atoms. The number of carbonyl (C=O) groups is 1. The van der Waals surface area contributed by atoms with Crippen molar-refractivity contribution in [2.24, 2.45) is 0 Å². The number of rotatable bonds is 8. The minimum atomic E-state index is -0.516. The molecule has 0 radical (unpaired) electrons. The second kappa shape index (κ2) is 9.60. The number of benzene rings is 2. The van der Waals surface area contributed by atoms with Gasteiger partial charge in [0.05, 0.1) is 0 Å². The van der Waals surface area contributed by atoms with Gasteiger partial charge in [0, 0.05) is 22.2 Å². The number of hydrogen-bond acceptors (Lipinski definition) is 3. The molecule has 0 saturated carbocycles. The fourth-order valence-corrected chi connectivity index (χ4v) is 3.07. The lowest BCUT2D eigenvalue weighted by molar-refractivity contribution is -0.127. The number of nitrogens with one attached hydrogen (secondary N) is 1. The van der Waals surface area contributed by atoms with Gasteiger partial charge in [-0.25, -0.2) is 0 Å². The molecule has 2 aromatic rings. The van der Waals surface area contributed by atoms with Crippen LogP contribution >= 0.6 is 23.4 Å². The molecule has 5 heteroatoms. The van der Waals surface area contributed by atoms with E-state index in [4.69, 9.17) is 16.3 Å². The third-order valence-corrected chi connectivity index (χ3v) is 4.78. The molecule has 0 aromatic heterocycles. The average molecular weight is 364 g/mol. The van der Waals surface area contributed by atoms with E-state index in [9.17, 15) is 4.79 Å². The molecule has 3 nitrogen and oxygen atoms in total. The summed E-state index contributed by atoms with van der Waals surface area (Å²) in [4.78, 5) is 13.3. The molecule has 0 unspecified atom stereocenters. The van der Waals surface area contributed by atoms with E-state index in [0.29, 0.717) is 6.54 Å². The lowest BCUT2D eigenvalue weighted by atomic mass is 10.1. The average Bonchev–Trinajstić information content (AvgIpc) is 2.60. The lowest BCUT2D eigenvalue weighted by Gasteiger charge is -2.16. The summed E-state index contributed by atoms with van der Waals surface area (Å²) >= 11 is 7.54. The minimum Gasteiger partial charge on any atom is -0.481 e. The van der Waals surface area contributed by atoms with Crippen LogP contribution in [0.2, 0.25) is 5.02 Å². The Bertz CT molecular complexity index is 661. The van der Waals surface area contributed by atoms with Gasteiger partial charge in [0.25, 0.3) is 5.91 Å².